The van der Waals surface area contributed by atoms with E-state index in [1.807, 2.05) is 11.0 Å². The molecule has 3 heteroatoms. The molecule has 1 amide bonds. The minimum Gasteiger partial charge on any atom is -0.341 e. The van der Waals surface area contributed by atoms with Crippen LogP contribution in [-0.2, 0) is 4.79 Å². The fourth-order valence-electron chi connectivity index (χ4n) is 3.44. The van der Waals surface area contributed by atoms with Gasteiger partial charge >= 0.3 is 0 Å². The minimum absolute atomic E-state index is 0.245. The second-order valence-corrected chi connectivity index (χ2v) is 6.47. The van der Waals surface area contributed by atoms with Crippen molar-refractivity contribution in [3.8, 4) is 0 Å². The van der Waals surface area contributed by atoms with Gasteiger partial charge in [0.1, 0.15) is 0 Å². The third kappa shape index (κ3) is 3.98. The van der Waals surface area contributed by atoms with E-state index in [-0.39, 0.29) is 6.04 Å². The number of hydrogen-bond acceptors (Lipinski definition) is 2. The van der Waals surface area contributed by atoms with Gasteiger partial charge in [-0.2, -0.15) is 0 Å². The Morgan fingerprint density at radius 3 is 2.77 bits per heavy atom. The van der Waals surface area contributed by atoms with Crippen LogP contribution in [0.3, 0.4) is 0 Å². The number of nitrogens with zero attached hydrogens (tertiary/aromatic N) is 1. The van der Waals surface area contributed by atoms with Gasteiger partial charge in [0.2, 0.25) is 5.91 Å². The molecule has 3 nitrogen and oxygen atoms in total. The van der Waals surface area contributed by atoms with E-state index in [1.165, 1.54) is 24.8 Å². The molecule has 1 N–H and O–H groups in total. The van der Waals surface area contributed by atoms with Crippen molar-refractivity contribution in [2.75, 3.05) is 19.6 Å². The van der Waals surface area contributed by atoms with E-state index in [0.29, 0.717) is 5.91 Å². The second-order valence-electron chi connectivity index (χ2n) is 6.47. The van der Waals surface area contributed by atoms with Gasteiger partial charge in [0.05, 0.1) is 0 Å². The topological polar surface area (TPSA) is 32.3 Å². The molecule has 0 saturated carbocycles. The summed E-state index contributed by atoms with van der Waals surface area (Å²) in [5, 5.41) is 3.73. The third-order valence-electron chi connectivity index (χ3n) is 4.81. The molecule has 0 spiro atoms. The molecule has 2 atom stereocenters. The van der Waals surface area contributed by atoms with Crippen molar-refractivity contribution in [2.24, 2.45) is 5.92 Å². The van der Waals surface area contributed by atoms with Crippen LogP contribution in [0.5, 0.6) is 0 Å². The van der Waals surface area contributed by atoms with Crippen molar-refractivity contribution in [3.05, 3.63) is 48.0 Å². The van der Waals surface area contributed by atoms with E-state index in [9.17, 15) is 4.79 Å². The van der Waals surface area contributed by atoms with Crippen LogP contribution >= 0.6 is 0 Å². The number of carbonyl (C=O) groups is 1. The molecule has 1 aromatic carbocycles. The van der Waals surface area contributed by atoms with Crippen LogP contribution in [-0.4, -0.2) is 30.4 Å². The highest BCUT2D eigenvalue weighted by Crippen LogP contribution is 2.21. The summed E-state index contributed by atoms with van der Waals surface area (Å²) in [6.45, 7) is 2.74. The Labute approximate surface area is 133 Å². The van der Waals surface area contributed by atoms with Crippen LogP contribution < -0.4 is 5.32 Å². The van der Waals surface area contributed by atoms with E-state index in [1.54, 1.807) is 0 Å². The highest BCUT2D eigenvalue weighted by molar-refractivity contribution is 5.78. The molecule has 22 heavy (non-hydrogen) atoms. The Balaban J connectivity index is 1.63. The number of benzene rings is 1. The molecular weight excluding hydrogens is 272 g/mol. The minimum atomic E-state index is 0.245. The average molecular weight is 298 g/mol. The monoisotopic (exact) mass is 298 g/mol. The quantitative estimate of drug-likeness (QED) is 0.817. The van der Waals surface area contributed by atoms with Gasteiger partial charge in [-0.15, -0.1) is 0 Å². The molecule has 2 unspecified atom stereocenters. The van der Waals surface area contributed by atoms with E-state index < -0.39 is 0 Å². The number of carbonyl (C=O) groups excluding carboxylic acids is 1. The normalized spacial score (nSPS) is 23.0. The van der Waals surface area contributed by atoms with Gasteiger partial charge in [0.15, 0.2) is 0 Å². The molecule has 1 heterocycles. The maximum Gasteiger partial charge on any atom is 0.222 e. The zero-order valence-electron chi connectivity index (χ0n) is 13.2. The molecule has 1 aliphatic carbocycles. The van der Waals surface area contributed by atoms with Gasteiger partial charge < -0.3 is 10.2 Å². The number of nitrogens with one attached hydrogen (secondary N) is 1. The summed E-state index contributed by atoms with van der Waals surface area (Å²) in [4.78, 5) is 14.0. The number of amides is 1. The first-order valence-electron chi connectivity index (χ1n) is 8.54. The van der Waals surface area contributed by atoms with E-state index >= 15 is 0 Å². The van der Waals surface area contributed by atoms with Gasteiger partial charge in [-0.05, 0) is 43.7 Å². The summed E-state index contributed by atoms with van der Waals surface area (Å²) in [7, 11) is 0. The molecule has 2 aliphatic rings. The molecule has 1 saturated heterocycles. The van der Waals surface area contributed by atoms with Gasteiger partial charge in [-0.3, -0.25) is 4.79 Å². The molecule has 1 fully saturated rings. The Kier molecular flexibility index (Phi) is 5.28. The fraction of sp³-hybridized carbons (Fsp3) is 0.526. The summed E-state index contributed by atoms with van der Waals surface area (Å²) in [6, 6.07) is 10.8. The lowest BCUT2D eigenvalue weighted by atomic mass is 9.94. The van der Waals surface area contributed by atoms with Gasteiger partial charge in [0, 0.05) is 25.6 Å². The lowest BCUT2D eigenvalue weighted by molar-refractivity contribution is -0.128. The first-order chi connectivity index (χ1) is 10.8. The van der Waals surface area contributed by atoms with Crippen LogP contribution in [0.1, 0.15) is 43.7 Å². The lowest BCUT2D eigenvalue weighted by Crippen LogP contribution is -2.37. The molecule has 1 aliphatic heterocycles. The van der Waals surface area contributed by atoms with Crippen LogP contribution in [0.4, 0.5) is 0 Å². The predicted octanol–water partition coefficient (Wildman–Crippen LogP) is 3.30. The van der Waals surface area contributed by atoms with Crippen LogP contribution in [0.15, 0.2) is 42.5 Å². The predicted molar refractivity (Wildman–Crippen MR) is 89.5 cm³/mol. The zero-order valence-corrected chi connectivity index (χ0v) is 13.2. The van der Waals surface area contributed by atoms with Crippen molar-refractivity contribution < 1.29 is 4.79 Å². The van der Waals surface area contributed by atoms with Crippen LogP contribution in [0.25, 0.3) is 0 Å². The maximum atomic E-state index is 11.9. The second kappa shape index (κ2) is 7.59. The molecule has 118 valence electrons. The summed E-state index contributed by atoms with van der Waals surface area (Å²) >= 11 is 0. The largest absolute Gasteiger partial charge is 0.341 e. The van der Waals surface area contributed by atoms with Crippen LogP contribution in [0.2, 0.25) is 0 Å². The molecular formula is C19H26N2O. The summed E-state index contributed by atoms with van der Waals surface area (Å²) in [5.41, 5.74) is 1.29. The number of hydrogen-bond donors (Lipinski definition) is 1. The zero-order chi connectivity index (χ0) is 15.2. The Bertz CT molecular complexity index is 511. The molecule has 1 aromatic rings. The average Bonchev–Trinajstić information content (AvgIpc) is 2.98. The Morgan fingerprint density at radius 1 is 1.23 bits per heavy atom. The lowest BCUT2D eigenvalue weighted by Gasteiger charge is -2.27. The molecule has 0 aromatic heterocycles. The first-order valence-corrected chi connectivity index (χ1v) is 8.54. The van der Waals surface area contributed by atoms with Crippen LogP contribution in [0, 0.1) is 5.92 Å². The SMILES string of the molecule is O=C1CCCN1CC(NCC1CC=CCC1)c1ccccc1. The van der Waals surface area contributed by atoms with E-state index in [2.05, 4.69) is 41.7 Å². The highest BCUT2D eigenvalue weighted by Gasteiger charge is 2.24. The summed E-state index contributed by atoms with van der Waals surface area (Å²) in [6.07, 6.45) is 9.96. The maximum absolute atomic E-state index is 11.9. The highest BCUT2D eigenvalue weighted by atomic mass is 16.2. The number of allylic oxidation sites excluding steroid dienone is 2. The molecule has 3 rings (SSSR count). The van der Waals surface area contributed by atoms with E-state index in [4.69, 9.17) is 0 Å². The fourth-order valence-corrected chi connectivity index (χ4v) is 3.44. The number of likely N-dealkylation sites (tertiary alicyclic amines) is 1. The Hall–Kier alpha value is -1.61. The smallest absolute Gasteiger partial charge is 0.222 e. The van der Waals surface area contributed by atoms with Crippen molar-refractivity contribution in [1.29, 1.82) is 0 Å². The summed E-state index contributed by atoms with van der Waals surface area (Å²) in [5.74, 6) is 1.04. The van der Waals surface area contributed by atoms with Gasteiger partial charge in [-0.1, -0.05) is 42.5 Å². The van der Waals surface area contributed by atoms with Crippen molar-refractivity contribution in [3.63, 3.8) is 0 Å². The first kappa shape index (κ1) is 15.3. The van der Waals surface area contributed by atoms with Gasteiger partial charge in [0.25, 0.3) is 0 Å². The molecule has 0 radical (unpaired) electrons. The third-order valence-corrected chi connectivity index (χ3v) is 4.81. The van der Waals surface area contributed by atoms with Crippen molar-refractivity contribution in [2.45, 2.75) is 38.1 Å². The summed E-state index contributed by atoms with van der Waals surface area (Å²) < 4.78 is 0. The van der Waals surface area contributed by atoms with Crippen molar-refractivity contribution >= 4 is 5.91 Å². The Morgan fingerprint density at radius 2 is 2.09 bits per heavy atom. The standard InChI is InChI=1S/C19H26N2O/c22-19-12-7-13-21(19)15-18(17-10-5-2-6-11-17)20-14-16-8-3-1-4-9-16/h1-3,5-6,10-11,16,18,20H,4,7-9,12-15H2. The molecule has 0 bridgehead atoms. The number of rotatable bonds is 6. The van der Waals surface area contributed by atoms with Crippen molar-refractivity contribution in [1.82, 2.24) is 10.2 Å². The van der Waals surface area contributed by atoms with E-state index in [0.717, 1.165) is 38.4 Å². The van der Waals surface area contributed by atoms with Gasteiger partial charge in [-0.25, -0.2) is 0 Å².